The number of carbonyl (C=O) groups is 2. The zero-order valence-corrected chi connectivity index (χ0v) is 13.5. The van der Waals surface area contributed by atoms with Crippen molar-refractivity contribution < 1.29 is 24.2 Å². The lowest BCUT2D eigenvalue weighted by atomic mass is 9.77. The fourth-order valence-electron chi connectivity index (χ4n) is 4.20. The average molecular weight is 329 g/mol. The molecule has 2 saturated heterocycles. The van der Waals surface area contributed by atoms with Gasteiger partial charge in [-0.1, -0.05) is 24.3 Å². The molecule has 2 fully saturated rings. The predicted octanol–water partition coefficient (Wildman–Crippen LogP) is 1.62. The van der Waals surface area contributed by atoms with Crippen LogP contribution in [0.2, 0.25) is 0 Å². The molecule has 5 atom stereocenters. The van der Waals surface area contributed by atoms with Gasteiger partial charge in [0.05, 0.1) is 31.7 Å². The number of ether oxygens (including phenoxy) is 2. The summed E-state index contributed by atoms with van der Waals surface area (Å²) in [4.78, 5) is 26.3. The van der Waals surface area contributed by atoms with E-state index in [9.17, 15) is 14.7 Å². The highest BCUT2D eigenvalue weighted by atomic mass is 16.5. The van der Waals surface area contributed by atoms with Crippen molar-refractivity contribution in [3.05, 3.63) is 42.0 Å². The summed E-state index contributed by atoms with van der Waals surface area (Å²) < 4.78 is 11.1. The molecule has 2 bridgehead atoms. The van der Waals surface area contributed by atoms with Crippen molar-refractivity contribution in [2.45, 2.75) is 24.7 Å². The highest BCUT2D eigenvalue weighted by Crippen LogP contribution is 2.53. The molecule has 0 aromatic heterocycles. The van der Waals surface area contributed by atoms with E-state index < -0.39 is 29.5 Å². The van der Waals surface area contributed by atoms with Crippen LogP contribution in [0.5, 0.6) is 5.75 Å². The first-order chi connectivity index (χ1) is 11.5. The van der Waals surface area contributed by atoms with Gasteiger partial charge in [0.15, 0.2) is 0 Å². The van der Waals surface area contributed by atoms with Crippen LogP contribution >= 0.6 is 0 Å². The van der Waals surface area contributed by atoms with Gasteiger partial charge in [-0.2, -0.15) is 0 Å². The first kappa shape index (κ1) is 15.2. The Bertz CT molecular complexity index is 727. The fraction of sp³-hybridized carbons (Fsp3) is 0.444. The van der Waals surface area contributed by atoms with Crippen LogP contribution in [0.1, 0.15) is 18.5 Å². The number of carboxylic acids is 1. The third-order valence-electron chi connectivity index (χ3n) is 5.48. The van der Waals surface area contributed by atoms with Crippen LogP contribution in [0.25, 0.3) is 0 Å². The predicted molar refractivity (Wildman–Crippen MR) is 84.5 cm³/mol. The number of likely N-dealkylation sites (tertiary alicyclic amines) is 1. The van der Waals surface area contributed by atoms with Gasteiger partial charge < -0.3 is 19.5 Å². The van der Waals surface area contributed by atoms with Gasteiger partial charge in [-0.25, -0.2) is 0 Å². The smallest absolute Gasteiger partial charge is 0.310 e. The van der Waals surface area contributed by atoms with Gasteiger partial charge in [-0.3, -0.25) is 9.59 Å². The van der Waals surface area contributed by atoms with Gasteiger partial charge in [-0.05, 0) is 24.6 Å². The first-order valence-corrected chi connectivity index (χ1v) is 8.01. The van der Waals surface area contributed by atoms with Crippen molar-refractivity contribution in [3.8, 4) is 5.75 Å². The molecule has 3 heterocycles. The second-order valence-electron chi connectivity index (χ2n) is 6.65. The molecule has 0 aliphatic carbocycles. The molecule has 126 valence electrons. The molecular weight excluding hydrogens is 310 g/mol. The minimum atomic E-state index is -0.969. The number of hydrogen-bond acceptors (Lipinski definition) is 4. The Morgan fingerprint density at radius 1 is 1.42 bits per heavy atom. The van der Waals surface area contributed by atoms with E-state index in [1.165, 1.54) is 0 Å². The largest absolute Gasteiger partial charge is 0.497 e. The molecule has 3 aliphatic rings. The lowest BCUT2D eigenvalue weighted by Gasteiger charge is -2.27. The number of hydrogen-bond donors (Lipinski definition) is 1. The Labute approximate surface area is 139 Å². The maximum absolute atomic E-state index is 12.9. The molecule has 1 N–H and O–H groups in total. The minimum absolute atomic E-state index is 0.141. The van der Waals surface area contributed by atoms with Crippen molar-refractivity contribution in [3.63, 3.8) is 0 Å². The fourth-order valence-corrected chi connectivity index (χ4v) is 4.20. The Hall–Kier alpha value is -2.34. The second kappa shape index (κ2) is 5.08. The minimum Gasteiger partial charge on any atom is -0.497 e. The van der Waals surface area contributed by atoms with Crippen molar-refractivity contribution in [1.82, 2.24) is 4.90 Å². The molecule has 0 saturated carbocycles. The Morgan fingerprint density at radius 2 is 2.12 bits per heavy atom. The molecule has 1 aromatic carbocycles. The Balaban J connectivity index is 1.63. The summed E-state index contributed by atoms with van der Waals surface area (Å²) in [5.41, 5.74) is 0.192. The molecule has 0 unspecified atom stereocenters. The first-order valence-electron chi connectivity index (χ1n) is 8.01. The molecule has 3 aliphatic heterocycles. The van der Waals surface area contributed by atoms with Crippen LogP contribution in [0.3, 0.4) is 0 Å². The van der Waals surface area contributed by atoms with Crippen LogP contribution in [-0.2, 0) is 14.3 Å². The lowest BCUT2D eigenvalue weighted by molar-refractivity contribution is -0.148. The van der Waals surface area contributed by atoms with Gasteiger partial charge in [0.2, 0.25) is 5.91 Å². The number of rotatable bonds is 4. The summed E-state index contributed by atoms with van der Waals surface area (Å²) in [6.07, 6.45) is 3.17. The summed E-state index contributed by atoms with van der Waals surface area (Å²) in [6.45, 7) is 2.34. The number of methoxy groups -OCH3 is 1. The third kappa shape index (κ3) is 1.92. The van der Waals surface area contributed by atoms with E-state index in [1.807, 2.05) is 37.3 Å². The molecule has 6 heteroatoms. The highest BCUT2D eigenvalue weighted by molar-refractivity contribution is 5.91. The molecule has 1 spiro atoms. The lowest BCUT2D eigenvalue weighted by Crippen LogP contribution is -2.39. The monoisotopic (exact) mass is 329 g/mol. The van der Waals surface area contributed by atoms with E-state index in [0.29, 0.717) is 6.54 Å². The normalized spacial score (nSPS) is 34.5. The van der Waals surface area contributed by atoms with E-state index >= 15 is 0 Å². The summed E-state index contributed by atoms with van der Waals surface area (Å²) in [5.74, 6) is -1.78. The summed E-state index contributed by atoms with van der Waals surface area (Å²) in [5, 5.41) is 9.50. The number of amides is 1. The molecule has 24 heavy (non-hydrogen) atoms. The number of carboxylic acid groups (broad SMARTS) is 1. The van der Waals surface area contributed by atoms with Crippen molar-refractivity contribution in [1.29, 1.82) is 0 Å². The van der Waals surface area contributed by atoms with E-state index in [1.54, 1.807) is 18.1 Å². The van der Waals surface area contributed by atoms with Crippen molar-refractivity contribution in [2.75, 3.05) is 13.7 Å². The Kier molecular flexibility index (Phi) is 3.22. The van der Waals surface area contributed by atoms with E-state index in [-0.39, 0.29) is 11.9 Å². The van der Waals surface area contributed by atoms with Crippen LogP contribution in [0, 0.1) is 11.8 Å². The summed E-state index contributed by atoms with van der Waals surface area (Å²) in [7, 11) is 1.61. The standard InChI is InChI=1S/C18H19NO5/c1-10(11-3-5-12(23-2)6-4-11)19-9-18-8-7-13(24-18)14(17(21)22)15(18)16(19)20/h3-8,10,13-15H,9H2,1-2H3,(H,21,22)/t10-,13+,14+,15+,18-/m1/s1. The van der Waals surface area contributed by atoms with Crippen LogP contribution in [-0.4, -0.2) is 47.2 Å². The SMILES string of the molecule is COc1ccc([C@@H](C)N2C[C@@]34C=C[C@H](O3)[C@H](C(=O)O)[C@H]4C2=O)cc1. The van der Waals surface area contributed by atoms with E-state index in [0.717, 1.165) is 11.3 Å². The van der Waals surface area contributed by atoms with Gasteiger partial charge >= 0.3 is 5.97 Å². The number of aliphatic carboxylic acids is 1. The maximum Gasteiger partial charge on any atom is 0.310 e. The Morgan fingerprint density at radius 3 is 2.75 bits per heavy atom. The summed E-state index contributed by atoms with van der Waals surface area (Å²) in [6, 6.07) is 7.39. The van der Waals surface area contributed by atoms with Crippen LogP contribution in [0.15, 0.2) is 36.4 Å². The zero-order valence-electron chi connectivity index (χ0n) is 13.5. The average Bonchev–Trinajstić information content (AvgIpc) is 3.22. The maximum atomic E-state index is 12.9. The quantitative estimate of drug-likeness (QED) is 0.850. The van der Waals surface area contributed by atoms with Crippen molar-refractivity contribution >= 4 is 11.9 Å². The van der Waals surface area contributed by atoms with E-state index in [4.69, 9.17) is 9.47 Å². The highest BCUT2D eigenvalue weighted by Gasteiger charge is 2.67. The van der Waals surface area contributed by atoms with Gasteiger partial charge in [0.1, 0.15) is 17.3 Å². The topological polar surface area (TPSA) is 76.1 Å². The van der Waals surface area contributed by atoms with Crippen molar-refractivity contribution in [2.24, 2.45) is 11.8 Å². The molecular formula is C18H19NO5. The summed E-state index contributed by atoms with van der Waals surface area (Å²) >= 11 is 0. The van der Waals surface area contributed by atoms with Crippen LogP contribution in [0.4, 0.5) is 0 Å². The zero-order chi connectivity index (χ0) is 17.1. The number of carbonyl (C=O) groups excluding carboxylic acids is 1. The molecule has 0 radical (unpaired) electrons. The number of benzene rings is 1. The van der Waals surface area contributed by atoms with Crippen LogP contribution < -0.4 is 4.74 Å². The van der Waals surface area contributed by atoms with Gasteiger partial charge in [0, 0.05) is 0 Å². The number of fused-ring (bicyclic) bond motifs is 1. The van der Waals surface area contributed by atoms with Gasteiger partial charge in [0.25, 0.3) is 0 Å². The third-order valence-corrected chi connectivity index (χ3v) is 5.48. The molecule has 1 aromatic rings. The molecule has 1 amide bonds. The van der Waals surface area contributed by atoms with Gasteiger partial charge in [-0.15, -0.1) is 0 Å². The molecule has 4 rings (SSSR count). The number of nitrogens with zero attached hydrogens (tertiary/aromatic N) is 1. The second-order valence-corrected chi connectivity index (χ2v) is 6.65. The molecule has 6 nitrogen and oxygen atoms in total. The van der Waals surface area contributed by atoms with E-state index in [2.05, 4.69) is 0 Å².